The molecule has 3 N–H and O–H groups in total. The van der Waals surface area contributed by atoms with Gasteiger partial charge in [-0.15, -0.1) is 0 Å². The third kappa shape index (κ3) is 2.71. The Hall–Kier alpha value is -2.57. The topological polar surface area (TPSA) is 115 Å². The first kappa shape index (κ1) is 13.4. The molecule has 0 spiro atoms. The Balaban J connectivity index is 5.39. The van der Waals surface area contributed by atoms with Crippen molar-refractivity contribution in [2.24, 2.45) is 0 Å². The van der Waals surface area contributed by atoms with Gasteiger partial charge in [0.1, 0.15) is 17.1 Å². The normalized spacial score (nSPS) is 9.00. The average molecular weight is 227 g/mol. The van der Waals surface area contributed by atoms with Crippen molar-refractivity contribution in [2.45, 2.75) is 0 Å². The molecule has 16 heavy (non-hydrogen) atoms. The summed E-state index contributed by atoms with van der Waals surface area (Å²) in [5, 5.41) is 25.8. The summed E-state index contributed by atoms with van der Waals surface area (Å²) in [5.41, 5.74) is -2.29. The first-order valence-electron chi connectivity index (χ1n) is 3.76. The largest absolute Gasteiger partial charge is 0.477 e. The van der Waals surface area contributed by atoms with Crippen LogP contribution in [0.15, 0.2) is 36.8 Å². The molecule has 0 aliphatic rings. The summed E-state index contributed by atoms with van der Waals surface area (Å²) in [5.74, 6) is -4.74. The Morgan fingerprint density at radius 1 is 0.688 bits per heavy atom. The molecule has 0 aromatic carbocycles. The van der Waals surface area contributed by atoms with Crippen LogP contribution in [0.4, 0.5) is 0 Å². The van der Waals surface area contributed by atoms with E-state index in [-0.39, 0.29) is 0 Å². The van der Waals surface area contributed by atoms with Gasteiger partial charge >= 0.3 is 17.9 Å². The first-order chi connectivity index (χ1) is 7.20. The van der Waals surface area contributed by atoms with E-state index in [2.05, 4.69) is 19.7 Å². The predicted octanol–water partition coefficient (Wildman–Crippen LogP) is 0.0833. The van der Waals surface area contributed by atoms with E-state index in [1.165, 1.54) is 0 Å². The molecular weight excluding hydrogens is 218 g/mol. The second kappa shape index (κ2) is 4.78. The lowest BCUT2D eigenvalue weighted by Crippen LogP contribution is -2.31. The SMILES string of the molecule is C=C(C(=O)O)N(C(=C)C(=O)O)C(=C)C(=O)O. The van der Waals surface area contributed by atoms with E-state index in [9.17, 15) is 14.4 Å². The summed E-state index contributed by atoms with van der Waals surface area (Å²) in [6.45, 7) is 9.12. The number of aliphatic carboxylic acids is 3. The fraction of sp³-hybridized carbons (Fsp3) is 0. The van der Waals surface area contributed by atoms with E-state index in [1.807, 2.05) is 0 Å². The van der Waals surface area contributed by atoms with Crippen LogP contribution < -0.4 is 0 Å². The van der Waals surface area contributed by atoms with Crippen molar-refractivity contribution < 1.29 is 29.7 Å². The van der Waals surface area contributed by atoms with Crippen LogP contribution in [-0.2, 0) is 14.4 Å². The van der Waals surface area contributed by atoms with Crippen LogP contribution >= 0.6 is 0 Å². The Bertz CT molecular complexity index is 346. The number of rotatable bonds is 6. The van der Waals surface area contributed by atoms with Gasteiger partial charge in [0, 0.05) is 0 Å². The van der Waals surface area contributed by atoms with Crippen molar-refractivity contribution in [1.82, 2.24) is 4.90 Å². The van der Waals surface area contributed by atoms with Crippen molar-refractivity contribution in [3.8, 4) is 0 Å². The van der Waals surface area contributed by atoms with Crippen molar-refractivity contribution in [3.05, 3.63) is 36.8 Å². The molecule has 0 aromatic heterocycles. The lowest BCUT2D eigenvalue weighted by molar-refractivity contribution is -0.136. The van der Waals surface area contributed by atoms with Gasteiger partial charge in [0.25, 0.3) is 0 Å². The fourth-order valence-corrected chi connectivity index (χ4v) is 0.776. The molecule has 0 fully saturated rings. The molecule has 0 heterocycles. The van der Waals surface area contributed by atoms with E-state index in [1.54, 1.807) is 0 Å². The molecule has 0 aliphatic carbocycles. The van der Waals surface area contributed by atoms with Gasteiger partial charge in [-0.1, -0.05) is 19.7 Å². The second-order valence-corrected chi connectivity index (χ2v) is 2.59. The van der Waals surface area contributed by atoms with Crippen molar-refractivity contribution in [1.29, 1.82) is 0 Å². The van der Waals surface area contributed by atoms with Crippen molar-refractivity contribution in [2.75, 3.05) is 0 Å². The monoisotopic (exact) mass is 227 g/mol. The zero-order valence-electron chi connectivity index (χ0n) is 8.13. The maximum atomic E-state index is 10.6. The minimum atomic E-state index is -1.58. The fourth-order valence-electron chi connectivity index (χ4n) is 0.776. The number of hydrogen-bond acceptors (Lipinski definition) is 4. The van der Waals surface area contributed by atoms with E-state index < -0.39 is 35.0 Å². The molecule has 0 bridgehead atoms. The van der Waals surface area contributed by atoms with Crippen LogP contribution in [0.25, 0.3) is 0 Å². The average Bonchev–Trinajstić information content (AvgIpc) is 2.16. The molecule has 7 heteroatoms. The third-order valence-corrected chi connectivity index (χ3v) is 1.55. The number of carboxylic acid groups (broad SMARTS) is 3. The van der Waals surface area contributed by atoms with Crippen LogP contribution in [0.2, 0.25) is 0 Å². The van der Waals surface area contributed by atoms with E-state index >= 15 is 0 Å². The quantitative estimate of drug-likeness (QED) is 0.550. The highest BCUT2D eigenvalue weighted by Crippen LogP contribution is 2.17. The number of hydrogen-bond donors (Lipinski definition) is 3. The molecule has 0 radical (unpaired) electrons. The van der Waals surface area contributed by atoms with Gasteiger partial charge < -0.3 is 15.3 Å². The second-order valence-electron chi connectivity index (χ2n) is 2.59. The Labute approximate surface area is 90.2 Å². The molecule has 0 unspecified atom stereocenters. The van der Waals surface area contributed by atoms with E-state index in [0.717, 1.165) is 0 Å². The van der Waals surface area contributed by atoms with Gasteiger partial charge in [-0.2, -0.15) is 0 Å². The third-order valence-electron chi connectivity index (χ3n) is 1.55. The van der Waals surface area contributed by atoms with Gasteiger partial charge in [-0.25, -0.2) is 14.4 Å². The van der Waals surface area contributed by atoms with Crippen LogP contribution in [0.5, 0.6) is 0 Å². The number of nitrogens with zero attached hydrogens (tertiary/aromatic N) is 1. The lowest BCUT2D eigenvalue weighted by Gasteiger charge is -2.23. The summed E-state index contributed by atoms with van der Waals surface area (Å²) in [7, 11) is 0. The summed E-state index contributed by atoms with van der Waals surface area (Å²) < 4.78 is 0. The van der Waals surface area contributed by atoms with Gasteiger partial charge in [-0.3, -0.25) is 4.90 Å². The van der Waals surface area contributed by atoms with Crippen LogP contribution in [-0.4, -0.2) is 38.1 Å². The smallest absolute Gasteiger partial charge is 0.352 e. The van der Waals surface area contributed by atoms with E-state index in [0.29, 0.717) is 4.90 Å². The molecule has 0 saturated carbocycles. The van der Waals surface area contributed by atoms with Crippen molar-refractivity contribution >= 4 is 17.9 Å². The first-order valence-corrected chi connectivity index (χ1v) is 3.76. The molecule has 0 aliphatic heterocycles. The highest BCUT2D eigenvalue weighted by molar-refractivity contribution is 5.96. The van der Waals surface area contributed by atoms with Gasteiger partial charge in [-0.05, 0) is 0 Å². The Morgan fingerprint density at radius 2 is 0.875 bits per heavy atom. The highest BCUT2D eigenvalue weighted by Gasteiger charge is 2.27. The minimum absolute atomic E-state index is 0.340. The summed E-state index contributed by atoms with van der Waals surface area (Å²) in [6, 6.07) is 0. The zero-order valence-corrected chi connectivity index (χ0v) is 8.13. The summed E-state index contributed by atoms with van der Waals surface area (Å²) in [4.78, 5) is 32.1. The Morgan fingerprint density at radius 3 is 1.00 bits per heavy atom. The van der Waals surface area contributed by atoms with Crippen LogP contribution in [0.1, 0.15) is 0 Å². The molecule has 86 valence electrons. The number of carboxylic acids is 3. The zero-order chi connectivity index (χ0) is 13.0. The van der Waals surface area contributed by atoms with Gasteiger partial charge in [0.05, 0.1) is 0 Å². The Kier molecular flexibility index (Phi) is 4.01. The van der Waals surface area contributed by atoms with Crippen molar-refractivity contribution in [3.63, 3.8) is 0 Å². The summed E-state index contributed by atoms with van der Waals surface area (Å²) >= 11 is 0. The molecule has 0 atom stereocenters. The maximum Gasteiger partial charge on any atom is 0.352 e. The van der Waals surface area contributed by atoms with Gasteiger partial charge in [0.2, 0.25) is 0 Å². The maximum absolute atomic E-state index is 10.6. The molecule has 0 saturated heterocycles. The van der Waals surface area contributed by atoms with Gasteiger partial charge in [0.15, 0.2) is 0 Å². The van der Waals surface area contributed by atoms with Crippen LogP contribution in [0.3, 0.4) is 0 Å². The standard InChI is InChI=1S/C9H9NO6/c1-4(7(11)12)10(5(2)8(13)14)6(3)9(15)16/h1-3H2,(H,11,12)(H,13,14)(H,15,16). The molecule has 0 amide bonds. The molecular formula is C9H9NO6. The summed E-state index contributed by atoms with van der Waals surface area (Å²) in [6.07, 6.45) is 0. The van der Waals surface area contributed by atoms with E-state index in [4.69, 9.17) is 15.3 Å². The minimum Gasteiger partial charge on any atom is -0.477 e. The molecule has 7 nitrogen and oxygen atoms in total. The predicted molar refractivity (Wildman–Crippen MR) is 52.2 cm³/mol. The molecule has 0 aromatic rings. The van der Waals surface area contributed by atoms with Crippen LogP contribution in [0, 0.1) is 0 Å². The number of carbonyl (C=O) groups is 3. The lowest BCUT2D eigenvalue weighted by atomic mass is 10.3. The highest BCUT2D eigenvalue weighted by atomic mass is 16.4. The molecule has 0 rings (SSSR count).